The lowest BCUT2D eigenvalue weighted by Gasteiger charge is -2.21. The van der Waals surface area contributed by atoms with Gasteiger partial charge in [-0.1, -0.05) is 11.6 Å². The van der Waals surface area contributed by atoms with Gasteiger partial charge in [-0.15, -0.1) is 0 Å². The molecule has 1 aliphatic carbocycles. The van der Waals surface area contributed by atoms with Crippen molar-refractivity contribution in [2.45, 2.75) is 39.5 Å². The summed E-state index contributed by atoms with van der Waals surface area (Å²) in [6, 6.07) is 6.57. The number of nitrogens with zero attached hydrogens (tertiary/aromatic N) is 1. The SMILES string of the molecule is CCNc1c2c(nc3ccc(C)cc13)CCCC2. The number of benzene rings is 1. The van der Waals surface area contributed by atoms with E-state index in [1.807, 2.05) is 0 Å². The second-order valence-electron chi connectivity index (χ2n) is 5.17. The number of nitrogens with one attached hydrogen (secondary N) is 1. The molecule has 1 N–H and O–H groups in total. The Morgan fingerprint density at radius 2 is 2.06 bits per heavy atom. The Balaban J connectivity index is 2.30. The van der Waals surface area contributed by atoms with Gasteiger partial charge >= 0.3 is 0 Å². The van der Waals surface area contributed by atoms with Crippen molar-refractivity contribution in [1.82, 2.24) is 4.98 Å². The second-order valence-corrected chi connectivity index (χ2v) is 5.17. The van der Waals surface area contributed by atoms with Crippen LogP contribution in [-0.4, -0.2) is 11.5 Å². The molecule has 0 unspecified atom stereocenters. The zero-order chi connectivity index (χ0) is 12.5. The second kappa shape index (κ2) is 4.60. The molecule has 2 nitrogen and oxygen atoms in total. The molecule has 1 aliphatic rings. The molecule has 2 heteroatoms. The minimum Gasteiger partial charge on any atom is -0.384 e. The first-order valence-electron chi connectivity index (χ1n) is 6.95. The van der Waals surface area contributed by atoms with Gasteiger partial charge in [-0.2, -0.15) is 0 Å². The van der Waals surface area contributed by atoms with Crippen molar-refractivity contribution in [3.05, 3.63) is 35.0 Å². The minimum atomic E-state index is 0.972. The number of rotatable bonds is 2. The van der Waals surface area contributed by atoms with Crippen LogP contribution in [0, 0.1) is 6.92 Å². The monoisotopic (exact) mass is 240 g/mol. The predicted molar refractivity (Wildman–Crippen MR) is 77.3 cm³/mol. The van der Waals surface area contributed by atoms with Gasteiger partial charge in [0.2, 0.25) is 0 Å². The zero-order valence-electron chi connectivity index (χ0n) is 11.2. The average molecular weight is 240 g/mol. The van der Waals surface area contributed by atoms with Crippen LogP contribution < -0.4 is 5.32 Å². The molecule has 0 bridgehead atoms. The minimum absolute atomic E-state index is 0.972. The van der Waals surface area contributed by atoms with E-state index in [4.69, 9.17) is 4.98 Å². The van der Waals surface area contributed by atoms with Crippen molar-refractivity contribution >= 4 is 16.6 Å². The van der Waals surface area contributed by atoms with Gasteiger partial charge in [0.15, 0.2) is 0 Å². The lowest BCUT2D eigenvalue weighted by atomic mass is 9.92. The summed E-state index contributed by atoms with van der Waals surface area (Å²) in [7, 11) is 0. The highest BCUT2D eigenvalue weighted by atomic mass is 14.9. The molecule has 0 spiro atoms. The molecule has 0 amide bonds. The number of aryl methyl sites for hydroxylation is 2. The average Bonchev–Trinajstić information content (AvgIpc) is 2.39. The summed E-state index contributed by atoms with van der Waals surface area (Å²) in [5.41, 5.74) is 6.55. The van der Waals surface area contributed by atoms with Crippen molar-refractivity contribution in [3.8, 4) is 0 Å². The van der Waals surface area contributed by atoms with E-state index in [0.717, 1.165) is 18.5 Å². The molecule has 94 valence electrons. The Morgan fingerprint density at radius 3 is 2.89 bits per heavy atom. The van der Waals surface area contributed by atoms with E-state index >= 15 is 0 Å². The van der Waals surface area contributed by atoms with E-state index in [0.29, 0.717) is 0 Å². The summed E-state index contributed by atoms with van der Waals surface area (Å²) in [5.74, 6) is 0. The Morgan fingerprint density at radius 1 is 1.22 bits per heavy atom. The maximum absolute atomic E-state index is 4.86. The topological polar surface area (TPSA) is 24.9 Å². The molecule has 1 aromatic heterocycles. The molecule has 0 fully saturated rings. The Kier molecular flexibility index (Phi) is 2.94. The van der Waals surface area contributed by atoms with Gasteiger partial charge in [-0.25, -0.2) is 0 Å². The molecule has 0 atom stereocenters. The molecule has 1 heterocycles. The van der Waals surface area contributed by atoms with Crippen LogP contribution in [0.3, 0.4) is 0 Å². The van der Waals surface area contributed by atoms with Crippen molar-refractivity contribution in [1.29, 1.82) is 0 Å². The lowest BCUT2D eigenvalue weighted by Crippen LogP contribution is -2.11. The molecule has 0 saturated carbocycles. The first-order chi connectivity index (χ1) is 8.79. The molecule has 1 aromatic carbocycles. The van der Waals surface area contributed by atoms with E-state index in [2.05, 4.69) is 37.4 Å². The largest absolute Gasteiger partial charge is 0.384 e. The predicted octanol–water partition coefficient (Wildman–Crippen LogP) is 3.85. The number of hydrogen-bond donors (Lipinski definition) is 1. The Labute approximate surface area is 108 Å². The van der Waals surface area contributed by atoms with Crippen LogP contribution in [0.4, 0.5) is 5.69 Å². The maximum Gasteiger partial charge on any atom is 0.0726 e. The number of anilines is 1. The van der Waals surface area contributed by atoms with Gasteiger partial charge in [0.25, 0.3) is 0 Å². The molecule has 2 aromatic rings. The molecule has 0 radical (unpaired) electrons. The summed E-state index contributed by atoms with van der Waals surface area (Å²) in [4.78, 5) is 4.86. The summed E-state index contributed by atoms with van der Waals surface area (Å²) in [6.45, 7) is 5.28. The van der Waals surface area contributed by atoms with Crippen molar-refractivity contribution < 1.29 is 0 Å². The van der Waals surface area contributed by atoms with Crippen molar-refractivity contribution in [2.75, 3.05) is 11.9 Å². The Hall–Kier alpha value is -1.57. The number of hydrogen-bond acceptors (Lipinski definition) is 2. The smallest absolute Gasteiger partial charge is 0.0726 e. The summed E-state index contributed by atoms with van der Waals surface area (Å²) in [6.07, 6.45) is 4.89. The fourth-order valence-electron chi connectivity index (χ4n) is 2.92. The number of pyridine rings is 1. The van der Waals surface area contributed by atoms with Crippen molar-refractivity contribution in [2.24, 2.45) is 0 Å². The van der Waals surface area contributed by atoms with Crippen LogP contribution in [0.15, 0.2) is 18.2 Å². The van der Waals surface area contributed by atoms with E-state index < -0.39 is 0 Å². The highest BCUT2D eigenvalue weighted by Crippen LogP contribution is 2.33. The van der Waals surface area contributed by atoms with Gasteiger partial charge < -0.3 is 5.32 Å². The Bertz CT molecular complexity index is 587. The number of fused-ring (bicyclic) bond motifs is 2. The molecule has 0 saturated heterocycles. The van der Waals surface area contributed by atoms with Crippen LogP contribution in [0.25, 0.3) is 10.9 Å². The zero-order valence-corrected chi connectivity index (χ0v) is 11.2. The summed E-state index contributed by atoms with van der Waals surface area (Å²) >= 11 is 0. The van der Waals surface area contributed by atoms with Gasteiger partial charge in [-0.3, -0.25) is 4.98 Å². The molecular formula is C16H20N2. The molecule has 0 aliphatic heterocycles. The normalized spacial score (nSPS) is 14.6. The van der Waals surface area contributed by atoms with Crippen LogP contribution in [0.2, 0.25) is 0 Å². The highest BCUT2D eigenvalue weighted by Gasteiger charge is 2.17. The van der Waals surface area contributed by atoms with E-state index in [1.165, 1.54) is 47.2 Å². The fourth-order valence-corrected chi connectivity index (χ4v) is 2.92. The van der Waals surface area contributed by atoms with E-state index in [9.17, 15) is 0 Å². The first kappa shape index (κ1) is 11.5. The lowest BCUT2D eigenvalue weighted by molar-refractivity contribution is 0.672. The third-order valence-electron chi connectivity index (χ3n) is 3.77. The summed E-state index contributed by atoms with van der Waals surface area (Å²) in [5, 5.41) is 4.86. The molecule has 18 heavy (non-hydrogen) atoms. The highest BCUT2D eigenvalue weighted by molar-refractivity contribution is 5.94. The third-order valence-corrected chi connectivity index (χ3v) is 3.77. The standard InChI is InChI=1S/C16H20N2/c1-3-17-16-12-6-4-5-7-14(12)18-15-9-8-11(2)10-13(15)16/h8-10H,3-7H2,1-2H3,(H,17,18). The third kappa shape index (κ3) is 1.86. The van der Waals surface area contributed by atoms with Gasteiger partial charge in [-0.05, 0) is 57.2 Å². The number of aromatic nitrogens is 1. The molecular weight excluding hydrogens is 220 g/mol. The summed E-state index contributed by atoms with van der Waals surface area (Å²) < 4.78 is 0. The van der Waals surface area contributed by atoms with Crippen LogP contribution in [0.1, 0.15) is 36.6 Å². The van der Waals surface area contributed by atoms with Gasteiger partial charge in [0.1, 0.15) is 0 Å². The molecule has 3 rings (SSSR count). The van der Waals surface area contributed by atoms with Crippen molar-refractivity contribution in [3.63, 3.8) is 0 Å². The van der Waals surface area contributed by atoms with Crippen LogP contribution >= 0.6 is 0 Å². The van der Waals surface area contributed by atoms with Crippen LogP contribution in [-0.2, 0) is 12.8 Å². The van der Waals surface area contributed by atoms with E-state index in [1.54, 1.807) is 0 Å². The fraction of sp³-hybridized carbons (Fsp3) is 0.438. The maximum atomic E-state index is 4.86. The van der Waals surface area contributed by atoms with Gasteiger partial charge in [0, 0.05) is 23.3 Å². The first-order valence-corrected chi connectivity index (χ1v) is 6.95. The van der Waals surface area contributed by atoms with E-state index in [-0.39, 0.29) is 0 Å². The quantitative estimate of drug-likeness (QED) is 0.862. The van der Waals surface area contributed by atoms with Gasteiger partial charge in [0.05, 0.1) is 5.52 Å². The van der Waals surface area contributed by atoms with Crippen LogP contribution in [0.5, 0.6) is 0 Å².